The molecule has 10 unspecified atom stereocenters. The highest BCUT2D eigenvalue weighted by atomic mass is 16.5. The molecule has 6 saturated carbocycles. The molecule has 0 radical (unpaired) electrons. The van der Waals surface area contributed by atoms with Crippen LogP contribution >= 0.6 is 0 Å². The molecule has 2 heteroatoms. The molecule has 6 fully saturated rings. The zero-order chi connectivity index (χ0) is 23.6. The van der Waals surface area contributed by atoms with Gasteiger partial charge in [-0.05, 0) is 112 Å². The molecule has 6 rings (SSSR count). The number of esters is 1. The van der Waals surface area contributed by atoms with Gasteiger partial charge in [-0.2, -0.15) is 0 Å². The lowest BCUT2D eigenvalue weighted by molar-refractivity contribution is -0.160. The highest BCUT2D eigenvalue weighted by molar-refractivity contribution is 5.72. The van der Waals surface area contributed by atoms with Crippen molar-refractivity contribution < 1.29 is 9.53 Å². The van der Waals surface area contributed by atoms with Gasteiger partial charge < -0.3 is 4.74 Å². The fraction of sp³-hybridized carbons (Fsp3) is 0.970. The molecule has 0 bridgehead atoms. The second kappa shape index (κ2) is 11.5. The molecular weight excluding hydrogens is 428 g/mol. The summed E-state index contributed by atoms with van der Waals surface area (Å²) in [4.78, 5) is 13.1. The van der Waals surface area contributed by atoms with E-state index in [1.54, 1.807) is 25.7 Å². The lowest BCUT2D eigenvalue weighted by atomic mass is 9.63. The normalized spacial score (nSPS) is 46.1. The molecule has 0 heterocycles. The van der Waals surface area contributed by atoms with Crippen molar-refractivity contribution in [2.45, 2.75) is 147 Å². The van der Waals surface area contributed by atoms with Crippen molar-refractivity contribution in [3.05, 3.63) is 0 Å². The van der Waals surface area contributed by atoms with Crippen LogP contribution in [-0.4, -0.2) is 12.1 Å². The van der Waals surface area contributed by atoms with Crippen LogP contribution in [0, 0.1) is 53.3 Å². The summed E-state index contributed by atoms with van der Waals surface area (Å²) >= 11 is 0. The van der Waals surface area contributed by atoms with Gasteiger partial charge >= 0.3 is 5.97 Å². The Labute approximate surface area is 216 Å². The van der Waals surface area contributed by atoms with Gasteiger partial charge in [-0.15, -0.1) is 0 Å². The van der Waals surface area contributed by atoms with Gasteiger partial charge in [0.05, 0.1) is 5.92 Å². The molecule has 0 aliphatic heterocycles. The van der Waals surface area contributed by atoms with Crippen LogP contribution in [-0.2, 0) is 9.53 Å². The molecule has 35 heavy (non-hydrogen) atoms. The van der Waals surface area contributed by atoms with Crippen LogP contribution in [0.4, 0.5) is 0 Å². The molecule has 198 valence electrons. The summed E-state index contributed by atoms with van der Waals surface area (Å²) in [6.07, 6.45) is 31.1. The number of ether oxygens (including phenoxy) is 1. The standard InChI is InChI=1S/C33H54O2/c34-33(35-32-18-17-26-6-2-4-8-28(26)22-32)31-16-15-29-20-24(12-14-30(29)21-31)10-9-23-11-13-25-5-1-3-7-27(25)19-23/h23-32H,1-22H2. The first kappa shape index (κ1) is 24.8. The minimum Gasteiger partial charge on any atom is -0.462 e. The van der Waals surface area contributed by atoms with E-state index in [1.165, 1.54) is 96.3 Å². The maximum Gasteiger partial charge on any atom is 0.309 e. The Morgan fingerprint density at radius 2 is 0.971 bits per heavy atom. The van der Waals surface area contributed by atoms with E-state index in [9.17, 15) is 4.79 Å². The summed E-state index contributed by atoms with van der Waals surface area (Å²) in [6.45, 7) is 0. The molecule has 10 atom stereocenters. The molecule has 0 spiro atoms. The largest absolute Gasteiger partial charge is 0.462 e. The summed E-state index contributed by atoms with van der Waals surface area (Å²) in [6, 6.07) is 0. The van der Waals surface area contributed by atoms with Crippen molar-refractivity contribution >= 4 is 5.97 Å². The molecule has 6 aliphatic rings. The van der Waals surface area contributed by atoms with Gasteiger partial charge in [-0.3, -0.25) is 4.79 Å². The minimum atomic E-state index is 0.183. The van der Waals surface area contributed by atoms with Gasteiger partial charge in [0.1, 0.15) is 6.10 Å². The molecule has 0 aromatic heterocycles. The van der Waals surface area contributed by atoms with Gasteiger partial charge in [0.15, 0.2) is 0 Å². The SMILES string of the molecule is O=C(OC1CCC2CCCCC2C1)C1CCC2CC(CCC3CCC4CCCCC4C3)CCC2C1. The average Bonchev–Trinajstić information content (AvgIpc) is 2.91. The first-order valence-corrected chi connectivity index (χ1v) is 16.4. The van der Waals surface area contributed by atoms with Crippen molar-refractivity contribution in [3.8, 4) is 0 Å². The highest BCUT2D eigenvalue weighted by Crippen LogP contribution is 2.48. The van der Waals surface area contributed by atoms with Crippen LogP contribution in [0.1, 0.15) is 141 Å². The predicted molar refractivity (Wildman–Crippen MR) is 143 cm³/mol. The summed E-state index contributed by atoms with van der Waals surface area (Å²) in [5, 5.41) is 0. The van der Waals surface area contributed by atoms with E-state index in [4.69, 9.17) is 4.74 Å². The highest BCUT2D eigenvalue weighted by Gasteiger charge is 2.40. The van der Waals surface area contributed by atoms with Gasteiger partial charge in [0.25, 0.3) is 0 Å². The lowest BCUT2D eigenvalue weighted by Gasteiger charge is -2.43. The van der Waals surface area contributed by atoms with Gasteiger partial charge in [-0.25, -0.2) is 0 Å². The molecule has 0 aromatic rings. The summed E-state index contributed by atoms with van der Waals surface area (Å²) in [5.41, 5.74) is 0. The molecule has 2 nitrogen and oxygen atoms in total. The minimum absolute atomic E-state index is 0.183. The van der Waals surface area contributed by atoms with Crippen LogP contribution in [0.3, 0.4) is 0 Å². The Bertz CT molecular complexity index is 701. The van der Waals surface area contributed by atoms with Crippen molar-refractivity contribution in [2.75, 3.05) is 0 Å². The molecular formula is C33H54O2. The maximum absolute atomic E-state index is 13.1. The number of carbonyl (C=O) groups excluding carboxylic acids is 1. The van der Waals surface area contributed by atoms with Crippen LogP contribution in [0.2, 0.25) is 0 Å². The van der Waals surface area contributed by atoms with Crippen molar-refractivity contribution in [3.63, 3.8) is 0 Å². The van der Waals surface area contributed by atoms with Crippen molar-refractivity contribution in [1.82, 2.24) is 0 Å². The summed E-state index contributed by atoms with van der Waals surface area (Å²) < 4.78 is 6.19. The quantitative estimate of drug-likeness (QED) is 0.365. The van der Waals surface area contributed by atoms with E-state index in [-0.39, 0.29) is 18.0 Å². The second-order valence-corrected chi connectivity index (χ2v) is 14.4. The molecule has 0 N–H and O–H groups in total. The maximum atomic E-state index is 13.1. The van der Waals surface area contributed by atoms with Crippen LogP contribution in [0.5, 0.6) is 0 Å². The van der Waals surface area contributed by atoms with Crippen molar-refractivity contribution in [1.29, 1.82) is 0 Å². The Morgan fingerprint density at radius 3 is 1.66 bits per heavy atom. The smallest absolute Gasteiger partial charge is 0.309 e. The average molecular weight is 483 g/mol. The third-order valence-electron chi connectivity index (χ3n) is 12.5. The van der Waals surface area contributed by atoms with E-state index in [0.29, 0.717) is 0 Å². The Hall–Kier alpha value is -0.530. The second-order valence-electron chi connectivity index (χ2n) is 14.4. The van der Waals surface area contributed by atoms with E-state index in [0.717, 1.165) is 66.6 Å². The fourth-order valence-corrected chi connectivity index (χ4v) is 10.4. The third kappa shape index (κ3) is 5.98. The van der Waals surface area contributed by atoms with E-state index in [1.807, 2.05) is 0 Å². The summed E-state index contributed by atoms with van der Waals surface area (Å²) in [7, 11) is 0. The zero-order valence-corrected chi connectivity index (χ0v) is 22.6. The number of hydrogen-bond acceptors (Lipinski definition) is 2. The van der Waals surface area contributed by atoms with Crippen LogP contribution in [0.15, 0.2) is 0 Å². The van der Waals surface area contributed by atoms with E-state index < -0.39 is 0 Å². The van der Waals surface area contributed by atoms with Gasteiger partial charge in [-0.1, -0.05) is 77.0 Å². The number of rotatable bonds is 5. The molecule has 0 saturated heterocycles. The summed E-state index contributed by atoms with van der Waals surface area (Å²) in [5.74, 6) is 8.10. The third-order valence-corrected chi connectivity index (χ3v) is 12.5. The first-order valence-electron chi connectivity index (χ1n) is 16.4. The monoisotopic (exact) mass is 482 g/mol. The topological polar surface area (TPSA) is 26.3 Å². The Balaban J connectivity index is 0.915. The van der Waals surface area contributed by atoms with E-state index >= 15 is 0 Å². The predicted octanol–water partition coefficient (Wildman–Crippen LogP) is 9.11. The Morgan fingerprint density at radius 1 is 0.486 bits per heavy atom. The zero-order valence-electron chi connectivity index (χ0n) is 22.6. The number of fused-ring (bicyclic) bond motifs is 3. The fourth-order valence-electron chi connectivity index (χ4n) is 10.4. The van der Waals surface area contributed by atoms with Crippen LogP contribution < -0.4 is 0 Å². The van der Waals surface area contributed by atoms with E-state index in [2.05, 4.69) is 0 Å². The Kier molecular flexibility index (Phi) is 8.12. The number of carbonyl (C=O) groups is 1. The van der Waals surface area contributed by atoms with Crippen molar-refractivity contribution in [2.24, 2.45) is 53.3 Å². The molecule has 0 amide bonds. The van der Waals surface area contributed by atoms with Gasteiger partial charge in [0.2, 0.25) is 0 Å². The molecule has 6 aliphatic carbocycles. The lowest BCUT2D eigenvalue weighted by Crippen LogP contribution is -2.37. The van der Waals surface area contributed by atoms with Crippen LogP contribution in [0.25, 0.3) is 0 Å². The first-order chi connectivity index (χ1) is 17.2. The number of hydrogen-bond donors (Lipinski definition) is 0. The molecule has 0 aromatic carbocycles. The van der Waals surface area contributed by atoms with Gasteiger partial charge in [0, 0.05) is 0 Å².